The quantitative estimate of drug-likeness (QED) is 0.572. The summed E-state index contributed by atoms with van der Waals surface area (Å²) < 4.78 is 0. The van der Waals surface area contributed by atoms with Gasteiger partial charge in [-0.3, -0.25) is 0 Å². The lowest BCUT2D eigenvalue weighted by molar-refractivity contribution is -0.540. The summed E-state index contributed by atoms with van der Waals surface area (Å²) in [7, 11) is 2.11. The maximum Gasteiger partial charge on any atom is 0.133 e. The Morgan fingerprint density at radius 3 is 2.67 bits per heavy atom. The van der Waals surface area contributed by atoms with Gasteiger partial charge in [0.2, 0.25) is 0 Å². The monoisotopic (exact) mass is 298 g/mol. The number of nitrogens with two attached hydrogens (primary N) is 1. The zero-order valence-electron chi connectivity index (χ0n) is 12.9. The molecule has 0 saturated carbocycles. The lowest BCUT2D eigenvalue weighted by Crippen LogP contribution is -2.73. The van der Waals surface area contributed by atoms with E-state index in [1.165, 1.54) is 16.1 Å². The van der Waals surface area contributed by atoms with Gasteiger partial charge in [0.15, 0.2) is 0 Å². The van der Waals surface area contributed by atoms with Gasteiger partial charge in [0.25, 0.3) is 0 Å². The van der Waals surface area contributed by atoms with Crippen molar-refractivity contribution < 1.29 is 5.32 Å². The van der Waals surface area contributed by atoms with Crippen LogP contribution in [0.2, 0.25) is 0 Å². The molecule has 1 nitrogen and oxygen atoms in total. The molecule has 2 rings (SSSR count). The number of rotatable bonds is 7. The maximum absolute atomic E-state index is 3.95. The van der Waals surface area contributed by atoms with Crippen molar-refractivity contribution in [3.8, 4) is 0 Å². The Morgan fingerprint density at radius 2 is 2.00 bits per heavy atom. The van der Waals surface area contributed by atoms with Gasteiger partial charge in [-0.25, -0.2) is 0 Å². The Morgan fingerprint density at radius 1 is 1.19 bits per heavy atom. The van der Waals surface area contributed by atoms with E-state index < -0.39 is 0 Å². The van der Waals surface area contributed by atoms with Crippen LogP contribution >= 0.6 is 11.3 Å². The normalized spacial score (nSPS) is 14.2. The molecule has 0 radical (unpaired) electrons. The van der Waals surface area contributed by atoms with Crippen molar-refractivity contribution in [1.82, 2.24) is 0 Å². The number of hydrogen-bond acceptors (Lipinski definition) is 1. The average molecular weight is 298 g/mol. The molecule has 0 aliphatic heterocycles. The summed E-state index contributed by atoms with van der Waals surface area (Å²) in [6.07, 6.45) is 8.55. The molecule has 0 amide bonds. The second-order valence-electron chi connectivity index (χ2n) is 5.55. The first-order chi connectivity index (χ1) is 10.2. The summed E-state index contributed by atoms with van der Waals surface area (Å²) in [4.78, 5) is 1.31. The highest BCUT2D eigenvalue weighted by atomic mass is 32.1. The van der Waals surface area contributed by atoms with Gasteiger partial charge in [-0.05, 0) is 36.4 Å². The summed E-state index contributed by atoms with van der Waals surface area (Å²) in [5.74, 6) is 0. The number of allylic oxidation sites excluding steroid dienone is 2. The molecule has 1 unspecified atom stereocenters. The average Bonchev–Trinajstić information content (AvgIpc) is 3.01. The molecular weight excluding hydrogens is 274 g/mol. The van der Waals surface area contributed by atoms with Gasteiger partial charge in [0, 0.05) is 15.9 Å². The third-order valence-electron chi connectivity index (χ3n) is 3.91. The molecule has 2 aromatic rings. The number of hydrogen-bond donors (Lipinski definition) is 1. The molecule has 1 aromatic carbocycles. The molecule has 0 spiro atoms. The fraction of sp³-hybridized carbons (Fsp3) is 0.263. The first-order valence-corrected chi connectivity index (χ1v) is 8.27. The lowest BCUT2D eigenvalue weighted by atomic mass is 9.76. The van der Waals surface area contributed by atoms with Gasteiger partial charge in [0.05, 0.1) is 7.05 Å². The van der Waals surface area contributed by atoms with E-state index in [2.05, 4.69) is 79.8 Å². The first kappa shape index (κ1) is 15.7. The van der Waals surface area contributed by atoms with E-state index in [0.717, 1.165) is 12.8 Å². The van der Waals surface area contributed by atoms with Crippen LogP contribution in [0, 0.1) is 0 Å². The molecule has 0 saturated heterocycles. The SMILES string of the molecule is C=CCC(C)(C/C=C/c1cccs1)c1ccccc1[NH2+]C. The van der Waals surface area contributed by atoms with Crippen molar-refractivity contribution in [3.63, 3.8) is 0 Å². The van der Waals surface area contributed by atoms with Crippen LogP contribution in [0.3, 0.4) is 0 Å². The van der Waals surface area contributed by atoms with Crippen molar-refractivity contribution in [2.75, 3.05) is 7.05 Å². The van der Waals surface area contributed by atoms with Crippen LogP contribution in [0.4, 0.5) is 5.69 Å². The third-order valence-corrected chi connectivity index (χ3v) is 4.75. The van der Waals surface area contributed by atoms with Crippen LogP contribution in [-0.2, 0) is 5.41 Å². The summed E-state index contributed by atoms with van der Waals surface area (Å²) in [6, 6.07) is 12.9. The highest BCUT2D eigenvalue weighted by Crippen LogP contribution is 2.35. The van der Waals surface area contributed by atoms with Crippen LogP contribution in [0.25, 0.3) is 6.08 Å². The standard InChI is InChI=1S/C19H23NS/c1-4-13-19(2,14-7-9-16-10-8-15-21-16)17-11-5-6-12-18(17)20-3/h4-12,15,20H,1,13-14H2,2-3H3/p+1/b9-7+. The predicted octanol–water partition coefficient (Wildman–Crippen LogP) is 4.51. The van der Waals surface area contributed by atoms with Gasteiger partial charge in [-0.2, -0.15) is 0 Å². The molecule has 0 aliphatic rings. The van der Waals surface area contributed by atoms with Gasteiger partial charge < -0.3 is 5.32 Å². The van der Waals surface area contributed by atoms with E-state index in [-0.39, 0.29) is 5.41 Å². The minimum absolute atomic E-state index is 0.0958. The fourth-order valence-corrected chi connectivity index (χ4v) is 3.39. The number of benzene rings is 1. The Labute approximate surface area is 132 Å². The van der Waals surface area contributed by atoms with Crippen molar-refractivity contribution in [2.24, 2.45) is 0 Å². The molecule has 1 heterocycles. The Kier molecular flexibility index (Phi) is 5.54. The fourth-order valence-electron chi connectivity index (χ4n) is 2.74. The second-order valence-corrected chi connectivity index (χ2v) is 6.53. The van der Waals surface area contributed by atoms with Crippen molar-refractivity contribution in [3.05, 3.63) is 70.9 Å². The molecule has 0 aliphatic carbocycles. The van der Waals surface area contributed by atoms with Crippen LogP contribution in [-0.4, -0.2) is 7.05 Å². The Balaban J connectivity index is 2.25. The molecule has 1 atom stereocenters. The lowest BCUT2D eigenvalue weighted by Gasteiger charge is -2.28. The van der Waals surface area contributed by atoms with Gasteiger partial charge >= 0.3 is 0 Å². The van der Waals surface area contributed by atoms with Gasteiger partial charge in [-0.1, -0.05) is 43.3 Å². The Bertz CT molecular complexity index is 598. The van der Waals surface area contributed by atoms with Crippen LogP contribution < -0.4 is 5.32 Å². The molecule has 110 valence electrons. The van der Waals surface area contributed by atoms with Crippen LogP contribution in [0.15, 0.2) is 60.5 Å². The second kappa shape index (κ2) is 7.39. The van der Waals surface area contributed by atoms with Crippen LogP contribution in [0.1, 0.15) is 30.2 Å². The molecule has 2 N–H and O–H groups in total. The van der Waals surface area contributed by atoms with Crippen molar-refractivity contribution >= 4 is 23.1 Å². The predicted molar refractivity (Wildman–Crippen MR) is 94.1 cm³/mol. The van der Waals surface area contributed by atoms with Crippen molar-refractivity contribution in [1.29, 1.82) is 0 Å². The highest BCUT2D eigenvalue weighted by Gasteiger charge is 2.27. The van der Waals surface area contributed by atoms with Gasteiger partial charge in [-0.15, -0.1) is 17.9 Å². The van der Waals surface area contributed by atoms with E-state index in [0.29, 0.717) is 0 Å². The maximum atomic E-state index is 3.95. The van der Waals surface area contributed by atoms with E-state index >= 15 is 0 Å². The highest BCUT2D eigenvalue weighted by molar-refractivity contribution is 7.10. The van der Waals surface area contributed by atoms with Crippen LogP contribution in [0.5, 0.6) is 0 Å². The van der Waals surface area contributed by atoms with E-state index in [9.17, 15) is 0 Å². The van der Waals surface area contributed by atoms with E-state index in [1.807, 2.05) is 6.08 Å². The molecule has 1 aromatic heterocycles. The molecule has 21 heavy (non-hydrogen) atoms. The Hall–Kier alpha value is -1.64. The number of quaternary nitrogens is 1. The number of thiophene rings is 1. The summed E-state index contributed by atoms with van der Waals surface area (Å²) in [5, 5.41) is 4.31. The molecular formula is C19H24NS+. The zero-order chi connectivity index (χ0) is 15.1. The minimum Gasteiger partial charge on any atom is -0.316 e. The first-order valence-electron chi connectivity index (χ1n) is 7.39. The minimum atomic E-state index is 0.0958. The van der Waals surface area contributed by atoms with E-state index in [4.69, 9.17) is 0 Å². The van der Waals surface area contributed by atoms with E-state index in [1.54, 1.807) is 11.3 Å². The summed E-state index contributed by atoms with van der Waals surface area (Å²) >= 11 is 1.78. The largest absolute Gasteiger partial charge is 0.316 e. The topological polar surface area (TPSA) is 16.6 Å². The third kappa shape index (κ3) is 3.93. The van der Waals surface area contributed by atoms with Crippen molar-refractivity contribution in [2.45, 2.75) is 25.2 Å². The molecule has 0 fully saturated rings. The molecule has 0 bridgehead atoms. The summed E-state index contributed by atoms with van der Waals surface area (Å²) in [5.41, 5.74) is 2.83. The smallest absolute Gasteiger partial charge is 0.133 e. The summed E-state index contributed by atoms with van der Waals surface area (Å²) in [6.45, 7) is 6.28. The zero-order valence-corrected chi connectivity index (χ0v) is 13.7. The molecule has 2 heteroatoms. The number of para-hydroxylation sites is 1. The van der Waals surface area contributed by atoms with Gasteiger partial charge in [0.1, 0.15) is 5.69 Å².